The second-order valence-electron chi connectivity index (χ2n) is 5.18. The summed E-state index contributed by atoms with van der Waals surface area (Å²) in [4.78, 5) is 0. The summed E-state index contributed by atoms with van der Waals surface area (Å²) in [5, 5.41) is -0.196. The highest BCUT2D eigenvalue weighted by atomic mass is 35.5. The minimum Gasteiger partial charge on any atom is -0.204 e. The van der Waals surface area contributed by atoms with Crippen molar-refractivity contribution in [3.8, 4) is 0 Å². The summed E-state index contributed by atoms with van der Waals surface area (Å²) in [6, 6.07) is 4.02. The molecule has 0 N–H and O–H groups in total. The first-order valence-corrected chi connectivity index (χ1v) is 7.21. The molecule has 100 valence electrons. The van der Waals surface area contributed by atoms with Gasteiger partial charge in [-0.05, 0) is 36.5 Å². The maximum atomic E-state index is 13.2. The molecule has 0 aliphatic heterocycles. The van der Waals surface area contributed by atoms with E-state index in [2.05, 4.69) is 0 Å². The van der Waals surface area contributed by atoms with Crippen molar-refractivity contribution in [2.24, 2.45) is 5.92 Å². The Morgan fingerprint density at radius 3 is 2.17 bits per heavy atom. The van der Waals surface area contributed by atoms with Crippen LogP contribution in [0.5, 0.6) is 0 Å². The third kappa shape index (κ3) is 3.44. The van der Waals surface area contributed by atoms with Crippen LogP contribution < -0.4 is 0 Å². The Bertz CT molecular complexity index is 384. The number of hydrogen-bond donors (Lipinski definition) is 0. The second kappa shape index (κ2) is 6.51. The molecule has 0 nitrogen and oxygen atoms in total. The number of hydrogen-bond acceptors (Lipinski definition) is 0. The van der Waals surface area contributed by atoms with Crippen molar-refractivity contribution in [1.82, 2.24) is 0 Å². The molecule has 1 fully saturated rings. The quantitative estimate of drug-likeness (QED) is 0.614. The van der Waals surface area contributed by atoms with Gasteiger partial charge in [-0.15, -0.1) is 11.6 Å². The molecule has 2 rings (SSSR count). The fourth-order valence-corrected chi connectivity index (χ4v) is 3.12. The van der Waals surface area contributed by atoms with Crippen LogP contribution in [0.1, 0.15) is 55.9 Å². The van der Waals surface area contributed by atoms with Gasteiger partial charge in [0.15, 0.2) is 11.6 Å². The molecule has 0 heterocycles. The lowest BCUT2D eigenvalue weighted by Crippen LogP contribution is -2.10. The molecule has 0 spiro atoms. The third-order valence-corrected chi connectivity index (χ3v) is 4.43. The molecule has 0 amide bonds. The van der Waals surface area contributed by atoms with Gasteiger partial charge in [-0.3, -0.25) is 0 Å². The van der Waals surface area contributed by atoms with Crippen molar-refractivity contribution in [2.75, 3.05) is 0 Å². The van der Waals surface area contributed by atoms with Crippen LogP contribution in [0.4, 0.5) is 8.78 Å². The predicted molar refractivity (Wildman–Crippen MR) is 70.8 cm³/mol. The van der Waals surface area contributed by atoms with Gasteiger partial charge in [0, 0.05) is 0 Å². The van der Waals surface area contributed by atoms with Crippen LogP contribution in [0.2, 0.25) is 0 Å². The predicted octanol–water partition coefficient (Wildman–Crippen LogP) is 5.61. The first kappa shape index (κ1) is 13.8. The highest BCUT2D eigenvalue weighted by Crippen LogP contribution is 2.37. The van der Waals surface area contributed by atoms with E-state index >= 15 is 0 Å². The van der Waals surface area contributed by atoms with E-state index in [-0.39, 0.29) is 5.38 Å². The summed E-state index contributed by atoms with van der Waals surface area (Å²) in [6.45, 7) is 0. The zero-order valence-corrected chi connectivity index (χ0v) is 11.2. The minimum absolute atomic E-state index is 0.196. The Balaban J connectivity index is 2.08. The molecule has 1 aromatic rings. The van der Waals surface area contributed by atoms with Crippen molar-refractivity contribution in [1.29, 1.82) is 0 Å². The molecule has 3 heteroatoms. The van der Waals surface area contributed by atoms with Crippen LogP contribution in [-0.4, -0.2) is 0 Å². The van der Waals surface area contributed by atoms with E-state index < -0.39 is 11.6 Å². The number of benzene rings is 1. The Morgan fingerprint density at radius 2 is 1.56 bits per heavy atom. The number of rotatable bonds is 2. The fourth-order valence-electron chi connectivity index (χ4n) is 2.74. The molecule has 1 aromatic carbocycles. The molecule has 1 atom stereocenters. The van der Waals surface area contributed by atoms with Crippen molar-refractivity contribution < 1.29 is 8.78 Å². The maximum Gasteiger partial charge on any atom is 0.159 e. The van der Waals surface area contributed by atoms with Crippen molar-refractivity contribution >= 4 is 11.6 Å². The molecule has 1 saturated carbocycles. The summed E-state index contributed by atoms with van der Waals surface area (Å²) < 4.78 is 26.1. The highest BCUT2D eigenvalue weighted by molar-refractivity contribution is 6.21. The van der Waals surface area contributed by atoms with Gasteiger partial charge in [0.05, 0.1) is 5.38 Å². The number of halogens is 3. The van der Waals surface area contributed by atoms with E-state index in [1.165, 1.54) is 44.2 Å². The van der Waals surface area contributed by atoms with Crippen molar-refractivity contribution in [3.05, 3.63) is 35.4 Å². The SMILES string of the molecule is Fc1ccc(C(Cl)C2CCCCCCC2)cc1F. The molecule has 0 radical (unpaired) electrons. The van der Waals surface area contributed by atoms with Gasteiger partial charge < -0.3 is 0 Å². The van der Waals surface area contributed by atoms with E-state index in [1.54, 1.807) is 6.07 Å². The molecule has 1 aliphatic carbocycles. The van der Waals surface area contributed by atoms with E-state index in [1.807, 2.05) is 0 Å². The smallest absolute Gasteiger partial charge is 0.159 e. The lowest BCUT2D eigenvalue weighted by Gasteiger charge is -2.24. The van der Waals surface area contributed by atoms with Gasteiger partial charge in [-0.25, -0.2) is 8.78 Å². The summed E-state index contributed by atoms with van der Waals surface area (Å²) in [5.74, 6) is -1.22. The van der Waals surface area contributed by atoms with Crippen LogP contribution in [-0.2, 0) is 0 Å². The lowest BCUT2D eigenvalue weighted by molar-refractivity contribution is 0.367. The van der Waals surface area contributed by atoms with Gasteiger partial charge in [-0.2, -0.15) is 0 Å². The Labute approximate surface area is 112 Å². The average molecular weight is 273 g/mol. The Kier molecular flexibility index (Phi) is 4.99. The summed E-state index contributed by atoms with van der Waals surface area (Å²) in [6.07, 6.45) is 8.40. The first-order chi connectivity index (χ1) is 8.68. The van der Waals surface area contributed by atoms with Gasteiger partial charge >= 0.3 is 0 Å². The second-order valence-corrected chi connectivity index (χ2v) is 5.65. The maximum absolute atomic E-state index is 13.2. The fraction of sp³-hybridized carbons (Fsp3) is 0.600. The van der Waals surface area contributed by atoms with Gasteiger partial charge in [0.2, 0.25) is 0 Å². The zero-order chi connectivity index (χ0) is 13.0. The zero-order valence-electron chi connectivity index (χ0n) is 10.5. The average Bonchev–Trinajstić information content (AvgIpc) is 2.31. The summed E-state index contributed by atoms with van der Waals surface area (Å²) in [5.41, 5.74) is 0.709. The third-order valence-electron chi connectivity index (χ3n) is 3.83. The van der Waals surface area contributed by atoms with E-state index in [4.69, 9.17) is 11.6 Å². The van der Waals surface area contributed by atoms with Crippen molar-refractivity contribution in [2.45, 2.75) is 50.3 Å². The topological polar surface area (TPSA) is 0 Å². The summed E-state index contributed by atoms with van der Waals surface area (Å²) >= 11 is 6.45. The molecular formula is C15H19ClF2. The minimum atomic E-state index is -0.805. The van der Waals surface area contributed by atoms with Gasteiger partial charge in [0.1, 0.15) is 0 Å². The van der Waals surface area contributed by atoms with E-state index in [0.29, 0.717) is 11.5 Å². The molecular weight excluding hydrogens is 254 g/mol. The van der Waals surface area contributed by atoms with Gasteiger partial charge in [0.25, 0.3) is 0 Å². The standard InChI is InChI=1S/C15H19ClF2/c16-15(11-6-4-2-1-3-5-7-11)12-8-9-13(17)14(18)10-12/h8-11,15H,1-7H2. The largest absolute Gasteiger partial charge is 0.204 e. The van der Waals surface area contributed by atoms with Crippen LogP contribution >= 0.6 is 11.6 Å². The van der Waals surface area contributed by atoms with E-state index in [0.717, 1.165) is 12.8 Å². The van der Waals surface area contributed by atoms with Crippen LogP contribution in [0, 0.1) is 17.6 Å². The van der Waals surface area contributed by atoms with E-state index in [9.17, 15) is 8.78 Å². The van der Waals surface area contributed by atoms with Crippen LogP contribution in [0.3, 0.4) is 0 Å². The first-order valence-electron chi connectivity index (χ1n) is 6.77. The van der Waals surface area contributed by atoms with Gasteiger partial charge in [-0.1, -0.05) is 38.2 Å². The summed E-state index contributed by atoms with van der Waals surface area (Å²) in [7, 11) is 0. The number of alkyl halides is 1. The van der Waals surface area contributed by atoms with Crippen LogP contribution in [0.25, 0.3) is 0 Å². The highest BCUT2D eigenvalue weighted by Gasteiger charge is 2.22. The molecule has 1 unspecified atom stereocenters. The molecule has 0 aromatic heterocycles. The Hall–Kier alpha value is -0.630. The van der Waals surface area contributed by atoms with Crippen LogP contribution in [0.15, 0.2) is 18.2 Å². The Morgan fingerprint density at radius 1 is 0.944 bits per heavy atom. The lowest BCUT2D eigenvalue weighted by atomic mass is 9.86. The van der Waals surface area contributed by atoms with Crippen molar-refractivity contribution in [3.63, 3.8) is 0 Å². The molecule has 0 saturated heterocycles. The normalized spacial score (nSPS) is 20.2. The molecule has 0 bridgehead atoms. The molecule has 18 heavy (non-hydrogen) atoms. The monoisotopic (exact) mass is 272 g/mol. The molecule has 1 aliphatic rings.